The van der Waals surface area contributed by atoms with Gasteiger partial charge in [-0.1, -0.05) is 30.3 Å². The highest BCUT2D eigenvalue weighted by Crippen LogP contribution is 2.43. The monoisotopic (exact) mass is 275 g/mol. The number of fused-ring (bicyclic) bond motifs is 1. The van der Waals surface area contributed by atoms with E-state index in [1.54, 1.807) is 0 Å². The van der Waals surface area contributed by atoms with Gasteiger partial charge in [0.15, 0.2) is 11.6 Å². The fourth-order valence-corrected chi connectivity index (χ4v) is 2.98. The second-order valence-corrected chi connectivity index (χ2v) is 5.35. The Bertz CT molecular complexity index is 659. The van der Waals surface area contributed by atoms with E-state index in [0.29, 0.717) is 12.0 Å². The molecule has 20 heavy (non-hydrogen) atoms. The van der Waals surface area contributed by atoms with E-state index in [2.05, 4.69) is 0 Å². The van der Waals surface area contributed by atoms with Crippen molar-refractivity contribution in [1.29, 1.82) is 0 Å². The zero-order chi connectivity index (χ0) is 14.3. The van der Waals surface area contributed by atoms with E-state index in [0.717, 1.165) is 23.3 Å². The molecule has 0 fully saturated rings. The van der Waals surface area contributed by atoms with Gasteiger partial charge in [0.25, 0.3) is 0 Å². The molecule has 1 aliphatic carbocycles. The smallest absolute Gasteiger partial charge is 0.159 e. The van der Waals surface area contributed by atoms with Crippen LogP contribution in [0.15, 0.2) is 42.5 Å². The maximum Gasteiger partial charge on any atom is 0.159 e. The van der Waals surface area contributed by atoms with Crippen molar-refractivity contribution < 1.29 is 13.9 Å². The van der Waals surface area contributed by atoms with Crippen LogP contribution in [0.4, 0.5) is 8.78 Å². The van der Waals surface area contributed by atoms with Gasteiger partial charge in [0.05, 0.1) is 5.60 Å². The normalized spacial score (nSPS) is 24.7. The molecule has 2 nitrogen and oxygen atoms in total. The molecule has 0 heterocycles. The van der Waals surface area contributed by atoms with Gasteiger partial charge in [0, 0.05) is 12.5 Å². The van der Waals surface area contributed by atoms with Crippen molar-refractivity contribution in [3.05, 3.63) is 70.8 Å². The Kier molecular flexibility index (Phi) is 3.07. The van der Waals surface area contributed by atoms with E-state index >= 15 is 0 Å². The molecule has 3 rings (SSSR count). The zero-order valence-corrected chi connectivity index (χ0v) is 10.8. The van der Waals surface area contributed by atoms with Crippen LogP contribution in [0.1, 0.15) is 29.2 Å². The topological polar surface area (TPSA) is 46.2 Å². The zero-order valence-electron chi connectivity index (χ0n) is 10.8. The molecular formula is C16H15F2NO. The number of rotatable bonds is 2. The van der Waals surface area contributed by atoms with Crippen molar-refractivity contribution in [3.8, 4) is 0 Å². The Morgan fingerprint density at radius 2 is 1.90 bits per heavy atom. The van der Waals surface area contributed by atoms with Crippen LogP contribution in [0.2, 0.25) is 0 Å². The fraction of sp³-hybridized carbons (Fsp3) is 0.250. The van der Waals surface area contributed by atoms with Gasteiger partial charge in [0.2, 0.25) is 0 Å². The lowest BCUT2D eigenvalue weighted by atomic mass is 9.88. The van der Waals surface area contributed by atoms with E-state index in [4.69, 9.17) is 5.73 Å². The number of aliphatic hydroxyl groups is 1. The first kappa shape index (κ1) is 13.2. The summed E-state index contributed by atoms with van der Waals surface area (Å²) in [6.45, 7) is 0. The Morgan fingerprint density at radius 1 is 1.15 bits per heavy atom. The fourth-order valence-electron chi connectivity index (χ4n) is 2.98. The van der Waals surface area contributed by atoms with Crippen LogP contribution in [0.5, 0.6) is 0 Å². The number of hydrogen-bond acceptors (Lipinski definition) is 2. The molecule has 0 aliphatic heterocycles. The van der Waals surface area contributed by atoms with Crippen LogP contribution < -0.4 is 5.73 Å². The first-order chi connectivity index (χ1) is 9.49. The maximum atomic E-state index is 13.3. The van der Waals surface area contributed by atoms with E-state index in [1.807, 2.05) is 24.3 Å². The summed E-state index contributed by atoms with van der Waals surface area (Å²) in [5.41, 5.74) is 7.15. The van der Waals surface area contributed by atoms with Crippen LogP contribution in [0.3, 0.4) is 0 Å². The molecule has 0 spiro atoms. The summed E-state index contributed by atoms with van der Waals surface area (Å²) in [6.07, 6.45) is 0.597. The van der Waals surface area contributed by atoms with Gasteiger partial charge in [-0.05, 0) is 35.2 Å². The third-order valence-corrected chi connectivity index (χ3v) is 3.90. The molecule has 2 aromatic rings. The molecule has 0 saturated carbocycles. The minimum Gasteiger partial charge on any atom is -0.385 e. The third kappa shape index (κ3) is 2.11. The first-order valence-corrected chi connectivity index (χ1v) is 6.51. The summed E-state index contributed by atoms with van der Waals surface area (Å²) < 4.78 is 26.2. The van der Waals surface area contributed by atoms with Crippen molar-refractivity contribution in [2.45, 2.75) is 24.5 Å². The van der Waals surface area contributed by atoms with Crippen LogP contribution in [0.25, 0.3) is 0 Å². The van der Waals surface area contributed by atoms with Crippen LogP contribution in [-0.4, -0.2) is 5.11 Å². The van der Waals surface area contributed by atoms with Gasteiger partial charge in [-0.2, -0.15) is 0 Å². The molecule has 104 valence electrons. The molecule has 1 aliphatic rings. The predicted molar refractivity (Wildman–Crippen MR) is 71.9 cm³/mol. The summed E-state index contributed by atoms with van der Waals surface area (Å²) in [7, 11) is 0. The van der Waals surface area contributed by atoms with Gasteiger partial charge in [0.1, 0.15) is 0 Å². The molecule has 2 aromatic carbocycles. The Labute approximate surface area is 115 Å². The van der Waals surface area contributed by atoms with Crippen LogP contribution >= 0.6 is 0 Å². The lowest BCUT2D eigenvalue weighted by molar-refractivity contribution is 0.0341. The van der Waals surface area contributed by atoms with Crippen molar-refractivity contribution in [3.63, 3.8) is 0 Å². The Balaban J connectivity index is 1.96. The highest BCUT2D eigenvalue weighted by Gasteiger charge is 2.40. The van der Waals surface area contributed by atoms with E-state index in [9.17, 15) is 13.9 Å². The third-order valence-electron chi connectivity index (χ3n) is 3.90. The second kappa shape index (κ2) is 4.65. The average molecular weight is 275 g/mol. The van der Waals surface area contributed by atoms with Gasteiger partial charge in [-0.25, -0.2) is 8.78 Å². The summed E-state index contributed by atoms with van der Waals surface area (Å²) >= 11 is 0. The number of benzene rings is 2. The number of halogens is 2. The van der Waals surface area contributed by atoms with Crippen molar-refractivity contribution in [2.75, 3.05) is 0 Å². The summed E-state index contributed by atoms with van der Waals surface area (Å²) in [4.78, 5) is 0. The average Bonchev–Trinajstić information content (AvgIpc) is 2.67. The predicted octanol–water partition coefficient (Wildman–Crippen LogP) is 2.80. The molecule has 4 heteroatoms. The minimum absolute atomic E-state index is 0.217. The molecule has 2 unspecified atom stereocenters. The molecule has 2 atom stereocenters. The van der Waals surface area contributed by atoms with Crippen LogP contribution in [-0.2, 0) is 12.0 Å². The van der Waals surface area contributed by atoms with E-state index < -0.39 is 17.2 Å². The van der Waals surface area contributed by atoms with E-state index in [1.165, 1.54) is 6.07 Å². The molecule has 0 amide bonds. The number of nitrogens with two attached hydrogens (primary N) is 1. The Hall–Kier alpha value is -1.78. The molecular weight excluding hydrogens is 260 g/mol. The first-order valence-electron chi connectivity index (χ1n) is 6.51. The standard InChI is InChI=1S/C16H15F2NO/c17-13-6-5-10(7-14(13)18)8-16(20)9-15(19)11-3-1-2-4-12(11)16/h1-7,15,20H,8-9,19H2. The van der Waals surface area contributed by atoms with Gasteiger partial charge in [-0.3, -0.25) is 0 Å². The van der Waals surface area contributed by atoms with Crippen molar-refractivity contribution in [1.82, 2.24) is 0 Å². The lowest BCUT2D eigenvalue weighted by Crippen LogP contribution is -2.26. The van der Waals surface area contributed by atoms with Gasteiger partial charge in [-0.15, -0.1) is 0 Å². The van der Waals surface area contributed by atoms with Gasteiger partial charge < -0.3 is 10.8 Å². The van der Waals surface area contributed by atoms with Crippen molar-refractivity contribution >= 4 is 0 Å². The molecule has 3 N–H and O–H groups in total. The molecule has 0 saturated heterocycles. The minimum atomic E-state index is -1.12. The summed E-state index contributed by atoms with van der Waals surface area (Å²) in [6, 6.07) is 10.9. The molecule has 0 aromatic heterocycles. The SMILES string of the molecule is NC1CC(O)(Cc2ccc(F)c(F)c2)c2ccccc21. The summed E-state index contributed by atoms with van der Waals surface area (Å²) in [5.74, 6) is -1.79. The van der Waals surface area contributed by atoms with Gasteiger partial charge >= 0.3 is 0 Å². The lowest BCUT2D eigenvalue weighted by Gasteiger charge is -2.24. The van der Waals surface area contributed by atoms with Crippen LogP contribution in [0, 0.1) is 11.6 Å². The highest BCUT2D eigenvalue weighted by atomic mass is 19.2. The summed E-state index contributed by atoms with van der Waals surface area (Å²) in [5, 5.41) is 10.8. The molecule has 0 bridgehead atoms. The quantitative estimate of drug-likeness (QED) is 0.885. The highest BCUT2D eigenvalue weighted by molar-refractivity contribution is 5.41. The molecule has 0 radical (unpaired) electrons. The maximum absolute atomic E-state index is 13.3. The second-order valence-electron chi connectivity index (χ2n) is 5.35. The number of hydrogen-bond donors (Lipinski definition) is 2. The Morgan fingerprint density at radius 3 is 2.65 bits per heavy atom. The largest absolute Gasteiger partial charge is 0.385 e. The van der Waals surface area contributed by atoms with E-state index in [-0.39, 0.29) is 12.5 Å². The van der Waals surface area contributed by atoms with Crippen molar-refractivity contribution in [2.24, 2.45) is 5.73 Å².